The zero-order chi connectivity index (χ0) is 13.7. The highest BCUT2D eigenvalue weighted by molar-refractivity contribution is 5.48. The van der Waals surface area contributed by atoms with Gasteiger partial charge in [0, 0.05) is 12.8 Å². The Morgan fingerprint density at radius 2 is 1.89 bits per heavy atom. The SMILES string of the molecule is COCC(Nc1cc(C)cc(F)c1)c1ccccc1. The van der Waals surface area contributed by atoms with E-state index in [0.29, 0.717) is 6.61 Å². The number of aryl methyl sites for hydroxylation is 1. The van der Waals surface area contributed by atoms with Gasteiger partial charge in [0.1, 0.15) is 5.82 Å². The first-order chi connectivity index (χ1) is 9.19. The third kappa shape index (κ3) is 3.80. The van der Waals surface area contributed by atoms with E-state index in [4.69, 9.17) is 4.74 Å². The number of halogens is 1. The molecule has 1 atom stereocenters. The highest BCUT2D eigenvalue weighted by atomic mass is 19.1. The molecule has 0 radical (unpaired) electrons. The summed E-state index contributed by atoms with van der Waals surface area (Å²) < 4.78 is 18.6. The van der Waals surface area contributed by atoms with Gasteiger partial charge in [0.25, 0.3) is 0 Å². The molecule has 0 aliphatic carbocycles. The van der Waals surface area contributed by atoms with Crippen LogP contribution in [-0.4, -0.2) is 13.7 Å². The van der Waals surface area contributed by atoms with Gasteiger partial charge in [-0.25, -0.2) is 4.39 Å². The quantitative estimate of drug-likeness (QED) is 0.878. The fourth-order valence-electron chi connectivity index (χ4n) is 2.09. The maximum atomic E-state index is 13.4. The summed E-state index contributed by atoms with van der Waals surface area (Å²) in [6.45, 7) is 2.40. The first-order valence-electron chi connectivity index (χ1n) is 6.26. The van der Waals surface area contributed by atoms with Crippen LogP contribution in [-0.2, 0) is 4.74 Å². The van der Waals surface area contributed by atoms with Gasteiger partial charge in [-0.1, -0.05) is 30.3 Å². The standard InChI is InChI=1S/C16H18FNO/c1-12-8-14(17)10-15(9-12)18-16(11-19-2)13-6-4-3-5-7-13/h3-10,16,18H,11H2,1-2H3. The molecule has 2 nitrogen and oxygen atoms in total. The highest BCUT2D eigenvalue weighted by Gasteiger charge is 2.11. The van der Waals surface area contributed by atoms with Crippen LogP contribution in [0.4, 0.5) is 10.1 Å². The predicted octanol–water partition coefficient (Wildman–Crippen LogP) is 3.93. The molecule has 0 heterocycles. The molecule has 0 saturated heterocycles. The molecule has 0 bridgehead atoms. The summed E-state index contributed by atoms with van der Waals surface area (Å²) in [6, 6.07) is 14.9. The van der Waals surface area contributed by atoms with E-state index in [1.54, 1.807) is 7.11 Å². The van der Waals surface area contributed by atoms with Crippen molar-refractivity contribution in [2.75, 3.05) is 19.0 Å². The molecule has 0 spiro atoms. The summed E-state index contributed by atoms with van der Waals surface area (Å²) in [4.78, 5) is 0. The average Bonchev–Trinajstić information content (AvgIpc) is 2.38. The molecule has 2 aromatic rings. The number of rotatable bonds is 5. The Morgan fingerprint density at radius 1 is 1.16 bits per heavy atom. The largest absolute Gasteiger partial charge is 0.382 e. The lowest BCUT2D eigenvalue weighted by Crippen LogP contribution is -2.16. The average molecular weight is 259 g/mol. The molecule has 2 rings (SSSR count). The monoisotopic (exact) mass is 259 g/mol. The second kappa shape index (κ2) is 6.34. The summed E-state index contributed by atoms with van der Waals surface area (Å²) >= 11 is 0. The zero-order valence-electron chi connectivity index (χ0n) is 11.2. The minimum absolute atomic E-state index is 0.00685. The van der Waals surface area contributed by atoms with Crippen molar-refractivity contribution in [2.45, 2.75) is 13.0 Å². The lowest BCUT2D eigenvalue weighted by molar-refractivity contribution is 0.186. The minimum atomic E-state index is -0.230. The highest BCUT2D eigenvalue weighted by Crippen LogP contribution is 2.21. The molecule has 0 saturated carbocycles. The zero-order valence-corrected chi connectivity index (χ0v) is 11.2. The first-order valence-corrected chi connectivity index (χ1v) is 6.26. The second-order valence-electron chi connectivity index (χ2n) is 4.58. The lowest BCUT2D eigenvalue weighted by Gasteiger charge is -2.20. The molecule has 0 fully saturated rings. The van der Waals surface area contributed by atoms with Crippen LogP contribution in [0, 0.1) is 12.7 Å². The summed E-state index contributed by atoms with van der Waals surface area (Å²) in [5.74, 6) is -0.230. The van der Waals surface area contributed by atoms with Crippen LogP contribution in [0.3, 0.4) is 0 Å². The third-order valence-electron chi connectivity index (χ3n) is 2.92. The van der Waals surface area contributed by atoms with Gasteiger partial charge in [0.05, 0.1) is 12.6 Å². The third-order valence-corrected chi connectivity index (χ3v) is 2.92. The maximum Gasteiger partial charge on any atom is 0.125 e. The molecule has 0 aromatic heterocycles. The molecule has 0 amide bonds. The van der Waals surface area contributed by atoms with E-state index in [1.807, 2.05) is 43.3 Å². The van der Waals surface area contributed by atoms with E-state index in [1.165, 1.54) is 12.1 Å². The smallest absolute Gasteiger partial charge is 0.125 e. The Labute approximate surface area is 113 Å². The Morgan fingerprint density at radius 3 is 2.53 bits per heavy atom. The van der Waals surface area contributed by atoms with E-state index >= 15 is 0 Å². The van der Waals surface area contributed by atoms with Gasteiger partial charge in [0.2, 0.25) is 0 Å². The molecular weight excluding hydrogens is 241 g/mol. The van der Waals surface area contributed by atoms with Crippen LogP contribution >= 0.6 is 0 Å². The Bertz CT molecular complexity index is 507. The van der Waals surface area contributed by atoms with Crippen molar-refractivity contribution in [3.05, 3.63) is 65.5 Å². The molecule has 1 N–H and O–H groups in total. The van der Waals surface area contributed by atoms with Crippen molar-refractivity contribution in [3.63, 3.8) is 0 Å². The summed E-state index contributed by atoms with van der Waals surface area (Å²) in [5, 5.41) is 3.31. The number of ether oxygens (including phenoxy) is 1. The van der Waals surface area contributed by atoms with Crippen molar-refractivity contribution in [1.29, 1.82) is 0 Å². The van der Waals surface area contributed by atoms with Crippen LogP contribution in [0.5, 0.6) is 0 Å². The van der Waals surface area contributed by atoms with Crippen LogP contribution in [0.2, 0.25) is 0 Å². The van der Waals surface area contributed by atoms with Gasteiger partial charge in [-0.15, -0.1) is 0 Å². The molecule has 2 aromatic carbocycles. The number of nitrogens with one attached hydrogen (secondary N) is 1. The molecular formula is C16H18FNO. The van der Waals surface area contributed by atoms with Gasteiger partial charge < -0.3 is 10.1 Å². The van der Waals surface area contributed by atoms with Gasteiger partial charge >= 0.3 is 0 Å². The summed E-state index contributed by atoms with van der Waals surface area (Å²) in [7, 11) is 1.66. The Kier molecular flexibility index (Phi) is 4.53. The molecule has 1 unspecified atom stereocenters. The van der Waals surface area contributed by atoms with Crippen molar-refractivity contribution >= 4 is 5.69 Å². The van der Waals surface area contributed by atoms with Crippen LogP contribution in [0.1, 0.15) is 17.2 Å². The van der Waals surface area contributed by atoms with E-state index in [2.05, 4.69) is 5.32 Å². The van der Waals surface area contributed by atoms with Crippen molar-refractivity contribution in [2.24, 2.45) is 0 Å². The topological polar surface area (TPSA) is 21.3 Å². The minimum Gasteiger partial charge on any atom is -0.382 e. The number of benzene rings is 2. The van der Waals surface area contributed by atoms with Crippen molar-refractivity contribution in [3.8, 4) is 0 Å². The second-order valence-corrected chi connectivity index (χ2v) is 4.58. The van der Waals surface area contributed by atoms with E-state index < -0.39 is 0 Å². The number of methoxy groups -OCH3 is 1. The molecule has 0 aliphatic rings. The Hall–Kier alpha value is -1.87. The molecule has 19 heavy (non-hydrogen) atoms. The fourth-order valence-corrected chi connectivity index (χ4v) is 2.09. The van der Waals surface area contributed by atoms with Gasteiger partial charge in [-0.05, 0) is 36.2 Å². The van der Waals surface area contributed by atoms with E-state index in [-0.39, 0.29) is 11.9 Å². The maximum absolute atomic E-state index is 13.4. The van der Waals surface area contributed by atoms with E-state index in [9.17, 15) is 4.39 Å². The van der Waals surface area contributed by atoms with Crippen LogP contribution in [0.15, 0.2) is 48.5 Å². The number of anilines is 1. The van der Waals surface area contributed by atoms with Crippen LogP contribution in [0.25, 0.3) is 0 Å². The van der Waals surface area contributed by atoms with Gasteiger partial charge in [-0.2, -0.15) is 0 Å². The summed E-state index contributed by atoms with van der Waals surface area (Å²) in [5.41, 5.74) is 2.78. The van der Waals surface area contributed by atoms with Gasteiger partial charge in [-0.3, -0.25) is 0 Å². The van der Waals surface area contributed by atoms with Crippen molar-refractivity contribution in [1.82, 2.24) is 0 Å². The molecule has 100 valence electrons. The fraction of sp³-hybridized carbons (Fsp3) is 0.250. The first kappa shape index (κ1) is 13.6. The normalized spacial score (nSPS) is 12.2. The predicted molar refractivity (Wildman–Crippen MR) is 75.8 cm³/mol. The lowest BCUT2D eigenvalue weighted by atomic mass is 10.1. The number of hydrogen-bond donors (Lipinski definition) is 1. The van der Waals surface area contributed by atoms with Gasteiger partial charge in [0.15, 0.2) is 0 Å². The molecule has 0 aliphatic heterocycles. The Balaban J connectivity index is 2.21. The van der Waals surface area contributed by atoms with Crippen molar-refractivity contribution < 1.29 is 9.13 Å². The van der Waals surface area contributed by atoms with E-state index in [0.717, 1.165) is 16.8 Å². The molecule has 3 heteroatoms. The van der Waals surface area contributed by atoms with Crippen LogP contribution < -0.4 is 5.32 Å². The summed E-state index contributed by atoms with van der Waals surface area (Å²) in [6.07, 6.45) is 0. The number of hydrogen-bond acceptors (Lipinski definition) is 2.